The lowest BCUT2D eigenvalue weighted by atomic mass is 10.1. The molecule has 4 aromatic rings. The Bertz CT molecular complexity index is 1430. The molecule has 1 heterocycles. The highest BCUT2D eigenvalue weighted by Crippen LogP contribution is 2.39. The van der Waals surface area contributed by atoms with Crippen LogP contribution in [0.5, 0.6) is 5.75 Å². The van der Waals surface area contributed by atoms with Crippen LogP contribution in [-0.2, 0) is 16.4 Å². The minimum absolute atomic E-state index is 0.185. The van der Waals surface area contributed by atoms with Crippen LogP contribution >= 0.6 is 22.9 Å². The number of hydrogen-bond acceptors (Lipinski definition) is 6. The number of anilines is 1. The maximum Gasteiger partial charge on any atom is 0.260 e. The number of nitrogens with zero attached hydrogens (tertiary/aromatic N) is 2. The molecule has 0 aliphatic rings. The van der Waals surface area contributed by atoms with Gasteiger partial charge in [-0.2, -0.15) is 0 Å². The first-order valence-corrected chi connectivity index (χ1v) is 13.3. The fourth-order valence-electron chi connectivity index (χ4n) is 3.43. The molecule has 34 heavy (non-hydrogen) atoms. The van der Waals surface area contributed by atoms with Crippen LogP contribution in [0.3, 0.4) is 0 Å². The van der Waals surface area contributed by atoms with Crippen molar-refractivity contribution in [3.63, 3.8) is 0 Å². The van der Waals surface area contributed by atoms with Crippen molar-refractivity contribution in [3.05, 3.63) is 82.9 Å². The molecule has 9 heteroatoms. The van der Waals surface area contributed by atoms with E-state index in [0.29, 0.717) is 27.0 Å². The van der Waals surface area contributed by atoms with Crippen molar-refractivity contribution in [2.24, 2.45) is 0 Å². The number of thiazole rings is 1. The van der Waals surface area contributed by atoms with Crippen molar-refractivity contribution in [2.75, 3.05) is 12.0 Å². The predicted octanol–water partition coefficient (Wildman–Crippen LogP) is 5.99. The Kier molecular flexibility index (Phi) is 6.93. The summed E-state index contributed by atoms with van der Waals surface area (Å²) in [6, 6.07) is 19.1. The summed E-state index contributed by atoms with van der Waals surface area (Å²) < 4.78 is 31.1. The molecule has 0 unspecified atom stereocenters. The molecule has 0 bridgehead atoms. The summed E-state index contributed by atoms with van der Waals surface area (Å²) in [6.45, 7) is 3.54. The van der Waals surface area contributed by atoms with Gasteiger partial charge >= 0.3 is 0 Å². The van der Waals surface area contributed by atoms with E-state index in [2.05, 4.69) is 4.98 Å². The number of hydrogen-bond donors (Lipinski definition) is 0. The average Bonchev–Trinajstić information content (AvgIpc) is 3.29. The Hall–Kier alpha value is -2.94. The van der Waals surface area contributed by atoms with Crippen molar-refractivity contribution < 1.29 is 17.9 Å². The first-order chi connectivity index (χ1) is 16.2. The molecule has 0 radical (unpaired) electrons. The van der Waals surface area contributed by atoms with E-state index in [0.717, 1.165) is 10.3 Å². The summed E-state index contributed by atoms with van der Waals surface area (Å²) in [4.78, 5) is 20.1. The molecule has 0 N–H and O–H groups in total. The fourth-order valence-corrected chi connectivity index (χ4v) is 5.74. The summed E-state index contributed by atoms with van der Waals surface area (Å²) >= 11 is 7.70. The SMILES string of the molecule is COc1ccc(Cl)c2sc(N(Cc3ccccc3)C(=O)c3ccc(S(=O)(=O)C(C)C)cc3)nc12. The number of amides is 1. The first kappa shape index (κ1) is 24.2. The van der Waals surface area contributed by atoms with Gasteiger partial charge in [0.1, 0.15) is 11.3 Å². The van der Waals surface area contributed by atoms with E-state index < -0.39 is 15.1 Å². The quantitative estimate of drug-likeness (QED) is 0.303. The molecule has 0 saturated carbocycles. The van der Waals surface area contributed by atoms with Gasteiger partial charge in [0.05, 0.1) is 33.5 Å². The number of methoxy groups -OCH3 is 1. The molecule has 3 aromatic carbocycles. The number of sulfone groups is 1. The van der Waals surface area contributed by atoms with Crippen LogP contribution in [0.2, 0.25) is 5.02 Å². The largest absolute Gasteiger partial charge is 0.494 e. The first-order valence-electron chi connectivity index (χ1n) is 10.5. The second-order valence-corrected chi connectivity index (χ2v) is 11.8. The number of carbonyl (C=O) groups is 1. The molecule has 1 aromatic heterocycles. The molecule has 0 spiro atoms. The van der Waals surface area contributed by atoms with Crippen LogP contribution in [-0.4, -0.2) is 31.7 Å². The molecule has 0 saturated heterocycles. The molecule has 6 nitrogen and oxygen atoms in total. The van der Waals surface area contributed by atoms with Gasteiger partial charge in [-0.05, 0) is 55.8 Å². The molecule has 1 amide bonds. The Morgan fingerprint density at radius 3 is 2.35 bits per heavy atom. The van der Waals surface area contributed by atoms with E-state index in [4.69, 9.17) is 16.3 Å². The number of benzene rings is 3. The standard InChI is InChI=1S/C25H23ClN2O4S2/c1-16(2)34(30,31)19-11-9-18(10-12-19)24(29)28(15-17-7-5-4-6-8-17)25-27-22-21(32-3)14-13-20(26)23(22)33-25/h4-14,16H,15H2,1-3H3. The molecule has 176 valence electrons. The zero-order valence-corrected chi connectivity index (χ0v) is 21.2. The van der Waals surface area contributed by atoms with E-state index in [-0.39, 0.29) is 17.3 Å². The molecular formula is C25H23ClN2O4S2. The summed E-state index contributed by atoms with van der Waals surface area (Å²) in [5.74, 6) is 0.267. The summed E-state index contributed by atoms with van der Waals surface area (Å²) in [6.07, 6.45) is 0. The Balaban J connectivity index is 1.77. The highest BCUT2D eigenvalue weighted by atomic mass is 35.5. The summed E-state index contributed by atoms with van der Waals surface area (Å²) in [7, 11) is -1.88. The lowest BCUT2D eigenvalue weighted by Crippen LogP contribution is -2.30. The van der Waals surface area contributed by atoms with Crippen LogP contribution in [0.1, 0.15) is 29.8 Å². The van der Waals surface area contributed by atoms with E-state index >= 15 is 0 Å². The van der Waals surface area contributed by atoms with Crippen LogP contribution in [0.15, 0.2) is 71.6 Å². The topological polar surface area (TPSA) is 76.6 Å². The Morgan fingerprint density at radius 2 is 1.74 bits per heavy atom. The predicted molar refractivity (Wildman–Crippen MR) is 137 cm³/mol. The van der Waals surface area contributed by atoms with Crippen LogP contribution < -0.4 is 9.64 Å². The van der Waals surface area contributed by atoms with Gasteiger partial charge in [0, 0.05) is 5.56 Å². The number of aromatic nitrogens is 1. The number of halogens is 1. The highest BCUT2D eigenvalue weighted by molar-refractivity contribution is 7.92. The average molecular weight is 515 g/mol. The summed E-state index contributed by atoms with van der Waals surface area (Å²) in [5.41, 5.74) is 1.86. The number of carbonyl (C=O) groups excluding carboxylic acids is 1. The van der Waals surface area contributed by atoms with Crippen molar-refractivity contribution in [2.45, 2.75) is 30.5 Å². The molecule has 4 rings (SSSR count). The van der Waals surface area contributed by atoms with Gasteiger partial charge in [-0.25, -0.2) is 13.4 Å². The third kappa shape index (κ3) is 4.66. The van der Waals surface area contributed by atoms with E-state index in [1.165, 1.54) is 35.6 Å². The van der Waals surface area contributed by atoms with Gasteiger partial charge in [0.15, 0.2) is 15.0 Å². The Morgan fingerprint density at radius 1 is 1.06 bits per heavy atom. The van der Waals surface area contributed by atoms with Crippen molar-refractivity contribution in [1.29, 1.82) is 0 Å². The minimum atomic E-state index is -3.43. The zero-order chi connectivity index (χ0) is 24.5. The van der Waals surface area contributed by atoms with Crippen molar-refractivity contribution in [1.82, 2.24) is 4.98 Å². The normalized spacial score (nSPS) is 11.7. The van der Waals surface area contributed by atoms with Gasteiger partial charge in [-0.3, -0.25) is 9.69 Å². The second kappa shape index (κ2) is 9.74. The Labute approximate surface area is 207 Å². The number of ether oxygens (including phenoxy) is 1. The van der Waals surface area contributed by atoms with Gasteiger partial charge in [0.25, 0.3) is 5.91 Å². The number of rotatable bonds is 7. The minimum Gasteiger partial charge on any atom is -0.494 e. The van der Waals surface area contributed by atoms with E-state index in [9.17, 15) is 13.2 Å². The van der Waals surface area contributed by atoms with Crippen LogP contribution in [0, 0.1) is 0 Å². The number of fused-ring (bicyclic) bond motifs is 1. The smallest absolute Gasteiger partial charge is 0.260 e. The highest BCUT2D eigenvalue weighted by Gasteiger charge is 2.25. The lowest BCUT2D eigenvalue weighted by Gasteiger charge is -2.20. The maximum atomic E-state index is 13.6. The molecular weight excluding hydrogens is 492 g/mol. The molecule has 0 atom stereocenters. The van der Waals surface area contributed by atoms with E-state index in [1.54, 1.807) is 38.0 Å². The monoisotopic (exact) mass is 514 g/mol. The second-order valence-electron chi connectivity index (χ2n) is 7.92. The summed E-state index contributed by atoms with van der Waals surface area (Å²) in [5, 5.41) is 0.440. The van der Waals surface area contributed by atoms with Crippen molar-refractivity contribution in [3.8, 4) is 5.75 Å². The maximum absolute atomic E-state index is 13.6. The van der Waals surface area contributed by atoms with E-state index in [1.807, 2.05) is 30.3 Å². The molecule has 0 fully saturated rings. The zero-order valence-electron chi connectivity index (χ0n) is 18.9. The van der Waals surface area contributed by atoms with Crippen LogP contribution in [0.25, 0.3) is 10.2 Å². The fraction of sp³-hybridized carbons (Fsp3) is 0.200. The van der Waals surface area contributed by atoms with Gasteiger partial charge in [-0.1, -0.05) is 53.3 Å². The molecule has 0 aliphatic carbocycles. The third-order valence-electron chi connectivity index (χ3n) is 5.38. The van der Waals surface area contributed by atoms with Gasteiger partial charge < -0.3 is 4.74 Å². The van der Waals surface area contributed by atoms with Crippen LogP contribution in [0.4, 0.5) is 5.13 Å². The third-order valence-corrected chi connectivity index (χ3v) is 9.09. The van der Waals surface area contributed by atoms with Gasteiger partial charge in [0.2, 0.25) is 0 Å². The van der Waals surface area contributed by atoms with Crippen molar-refractivity contribution >= 4 is 54.0 Å². The molecule has 0 aliphatic heterocycles. The van der Waals surface area contributed by atoms with Gasteiger partial charge in [-0.15, -0.1) is 0 Å². The lowest BCUT2D eigenvalue weighted by molar-refractivity contribution is 0.0985.